The van der Waals surface area contributed by atoms with E-state index in [1.54, 1.807) is 6.20 Å². The molecule has 2 rings (SSSR count). The predicted octanol–water partition coefficient (Wildman–Crippen LogP) is 0.384. The van der Waals surface area contributed by atoms with Crippen LogP contribution >= 0.6 is 0 Å². The molecule has 17 heavy (non-hydrogen) atoms. The molecule has 4 N–H and O–H groups in total. The summed E-state index contributed by atoms with van der Waals surface area (Å²) in [6.45, 7) is 5.72. The lowest BCUT2D eigenvalue weighted by Gasteiger charge is -2.35. The van der Waals surface area contributed by atoms with Crippen LogP contribution in [0.5, 0.6) is 0 Å². The number of pyridine rings is 1. The molecule has 1 aliphatic heterocycles. The van der Waals surface area contributed by atoms with Crippen molar-refractivity contribution in [1.82, 2.24) is 9.88 Å². The number of nitrogens with zero attached hydrogens (tertiary/aromatic N) is 2. The Kier molecular flexibility index (Phi) is 3.93. The van der Waals surface area contributed by atoms with Gasteiger partial charge in [-0.05, 0) is 12.6 Å². The first-order valence-corrected chi connectivity index (χ1v) is 6.02. The summed E-state index contributed by atoms with van der Waals surface area (Å²) in [7, 11) is 0. The van der Waals surface area contributed by atoms with E-state index in [-0.39, 0.29) is 12.1 Å². The molecular formula is C12H20N4O. The van der Waals surface area contributed by atoms with Crippen molar-refractivity contribution in [3.05, 3.63) is 23.9 Å². The minimum atomic E-state index is -0.210. The van der Waals surface area contributed by atoms with E-state index in [1.807, 2.05) is 12.1 Å². The topological polar surface area (TPSA) is 77.4 Å². The lowest BCUT2D eigenvalue weighted by Crippen LogP contribution is -2.46. The Morgan fingerprint density at radius 2 is 2.47 bits per heavy atom. The van der Waals surface area contributed by atoms with Gasteiger partial charge in [-0.3, -0.25) is 4.90 Å². The van der Waals surface area contributed by atoms with Crippen LogP contribution in [0.4, 0.5) is 5.82 Å². The summed E-state index contributed by atoms with van der Waals surface area (Å²) in [5.74, 6) is 0.497. The summed E-state index contributed by atoms with van der Waals surface area (Å²) in [6, 6.07) is 3.56. The summed E-state index contributed by atoms with van der Waals surface area (Å²) in [6.07, 6.45) is 1.67. The second-order valence-electron chi connectivity index (χ2n) is 4.31. The normalized spacial score (nSPS) is 23.5. The number of rotatable bonds is 3. The van der Waals surface area contributed by atoms with Gasteiger partial charge in [-0.1, -0.05) is 13.0 Å². The SMILES string of the molecule is CCN1CCOC(C(N)c2cccnc2N)C1. The van der Waals surface area contributed by atoms with Crippen LogP contribution in [0.1, 0.15) is 18.5 Å². The molecule has 0 bridgehead atoms. The first-order valence-electron chi connectivity index (χ1n) is 6.02. The Balaban J connectivity index is 2.09. The molecule has 0 saturated carbocycles. The Morgan fingerprint density at radius 1 is 1.65 bits per heavy atom. The molecule has 0 aliphatic carbocycles. The van der Waals surface area contributed by atoms with Crippen LogP contribution in [0.3, 0.4) is 0 Å². The van der Waals surface area contributed by atoms with Gasteiger partial charge >= 0.3 is 0 Å². The molecule has 2 heterocycles. The Labute approximate surface area is 102 Å². The maximum Gasteiger partial charge on any atom is 0.128 e. The van der Waals surface area contributed by atoms with Crippen molar-refractivity contribution >= 4 is 5.82 Å². The first kappa shape index (κ1) is 12.3. The molecule has 0 radical (unpaired) electrons. The van der Waals surface area contributed by atoms with E-state index in [2.05, 4.69) is 16.8 Å². The number of hydrogen-bond acceptors (Lipinski definition) is 5. The summed E-state index contributed by atoms with van der Waals surface area (Å²) in [4.78, 5) is 6.40. The average Bonchev–Trinajstić information content (AvgIpc) is 2.38. The predicted molar refractivity (Wildman–Crippen MR) is 67.4 cm³/mol. The van der Waals surface area contributed by atoms with Crippen molar-refractivity contribution in [2.24, 2.45) is 5.73 Å². The van der Waals surface area contributed by atoms with E-state index >= 15 is 0 Å². The standard InChI is InChI=1S/C12H20N4O/c1-2-16-6-7-17-10(8-16)11(13)9-4-3-5-15-12(9)14/h3-5,10-11H,2,6-8,13H2,1H3,(H2,14,15). The summed E-state index contributed by atoms with van der Waals surface area (Å²) >= 11 is 0. The van der Waals surface area contributed by atoms with Gasteiger partial charge in [-0.25, -0.2) is 4.98 Å². The van der Waals surface area contributed by atoms with Crippen molar-refractivity contribution in [1.29, 1.82) is 0 Å². The molecule has 2 atom stereocenters. The van der Waals surface area contributed by atoms with Gasteiger partial charge < -0.3 is 16.2 Å². The fraction of sp³-hybridized carbons (Fsp3) is 0.583. The lowest BCUT2D eigenvalue weighted by molar-refractivity contribution is -0.0392. The number of hydrogen-bond donors (Lipinski definition) is 2. The van der Waals surface area contributed by atoms with Crippen LogP contribution in [0, 0.1) is 0 Å². The number of nitrogen functional groups attached to an aromatic ring is 1. The molecular weight excluding hydrogens is 216 g/mol. The molecule has 0 amide bonds. The van der Waals surface area contributed by atoms with Crippen LogP contribution in [0.15, 0.2) is 18.3 Å². The zero-order valence-electron chi connectivity index (χ0n) is 10.2. The second-order valence-corrected chi connectivity index (χ2v) is 4.31. The number of nitrogens with two attached hydrogens (primary N) is 2. The van der Waals surface area contributed by atoms with Crippen LogP contribution in [-0.2, 0) is 4.74 Å². The zero-order valence-corrected chi connectivity index (χ0v) is 10.2. The third-order valence-electron chi connectivity index (χ3n) is 3.26. The van der Waals surface area contributed by atoms with E-state index < -0.39 is 0 Å². The van der Waals surface area contributed by atoms with Crippen molar-refractivity contribution in [3.8, 4) is 0 Å². The number of anilines is 1. The quantitative estimate of drug-likeness (QED) is 0.793. The van der Waals surface area contributed by atoms with Gasteiger partial charge in [0.05, 0.1) is 18.8 Å². The number of ether oxygens (including phenoxy) is 1. The molecule has 2 unspecified atom stereocenters. The second kappa shape index (κ2) is 5.44. The largest absolute Gasteiger partial charge is 0.383 e. The maximum absolute atomic E-state index is 6.22. The van der Waals surface area contributed by atoms with E-state index in [9.17, 15) is 0 Å². The minimum Gasteiger partial charge on any atom is -0.383 e. The van der Waals surface area contributed by atoms with Crippen molar-refractivity contribution in [3.63, 3.8) is 0 Å². The molecule has 1 fully saturated rings. The van der Waals surface area contributed by atoms with Crippen LogP contribution < -0.4 is 11.5 Å². The average molecular weight is 236 g/mol. The Hall–Kier alpha value is -1.17. The molecule has 1 aromatic rings. The Morgan fingerprint density at radius 3 is 3.18 bits per heavy atom. The van der Waals surface area contributed by atoms with Gasteiger partial charge in [-0.15, -0.1) is 0 Å². The maximum atomic E-state index is 6.22. The smallest absolute Gasteiger partial charge is 0.128 e. The Bertz CT molecular complexity index is 371. The fourth-order valence-electron chi connectivity index (χ4n) is 2.15. The van der Waals surface area contributed by atoms with Crippen molar-refractivity contribution in [2.75, 3.05) is 32.0 Å². The summed E-state index contributed by atoms with van der Waals surface area (Å²) in [5, 5.41) is 0. The van der Waals surface area contributed by atoms with E-state index in [4.69, 9.17) is 16.2 Å². The van der Waals surface area contributed by atoms with Gasteiger partial charge in [0.2, 0.25) is 0 Å². The molecule has 1 saturated heterocycles. The molecule has 5 heteroatoms. The van der Waals surface area contributed by atoms with E-state index in [1.165, 1.54) is 0 Å². The van der Waals surface area contributed by atoms with Crippen molar-refractivity contribution < 1.29 is 4.74 Å². The van der Waals surface area contributed by atoms with Gasteiger partial charge in [0.25, 0.3) is 0 Å². The highest BCUT2D eigenvalue weighted by Crippen LogP contribution is 2.23. The highest BCUT2D eigenvalue weighted by Gasteiger charge is 2.27. The third kappa shape index (κ3) is 2.74. The van der Waals surface area contributed by atoms with Gasteiger partial charge in [0.1, 0.15) is 5.82 Å². The van der Waals surface area contributed by atoms with Crippen molar-refractivity contribution in [2.45, 2.75) is 19.1 Å². The molecule has 0 spiro atoms. The molecule has 94 valence electrons. The van der Waals surface area contributed by atoms with E-state index in [0.717, 1.165) is 31.8 Å². The zero-order chi connectivity index (χ0) is 12.3. The van der Waals surface area contributed by atoms with Crippen LogP contribution in [0.25, 0.3) is 0 Å². The van der Waals surface area contributed by atoms with Crippen LogP contribution in [-0.4, -0.2) is 42.2 Å². The van der Waals surface area contributed by atoms with Gasteiger partial charge in [0.15, 0.2) is 0 Å². The number of aromatic nitrogens is 1. The fourth-order valence-corrected chi connectivity index (χ4v) is 2.15. The van der Waals surface area contributed by atoms with Gasteiger partial charge in [-0.2, -0.15) is 0 Å². The molecule has 1 aliphatic rings. The summed E-state index contributed by atoms with van der Waals surface area (Å²) < 4.78 is 5.73. The highest BCUT2D eigenvalue weighted by atomic mass is 16.5. The molecule has 5 nitrogen and oxygen atoms in total. The minimum absolute atomic E-state index is 0.00444. The monoisotopic (exact) mass is 236 g/mol. The summed E-state index contributed by atoms with van der Waals surface area (Å²) in [5.41, 5.74) is 12.9. The first-order chi connectivity index (χ1) is 8.22. The lowest BCUT2D eigenvalue weighted by atomic mass is 10.0. The third-order valence-corrected chi connectivity index (χ3v) is 3.26. The molecule has 0 aromatic carbocycles. The van der Waals surface area contributed by atoms with Gasteiger partial charge in [0, 0.05) is 24.8 Å². The number of likely N-dealkylation sites (N-methyl/N-ethyl adjacent to an activating group) is 1. The number of morpholine rings is 1. The van der Waals surface area contributed by atoms with E-state index in [0.29, 0.717) is 5.82 Å². The van der Waals surface area contributed by atoms with Crippen LogP contribution in [0.2, 0.25) is 0 Å². The molecule has 1 aromatic heterocycles. The highest BCUT2D eigenvalue weighted by molar-refractivity contribution is 5.41.